The summed E-state index contributed by atoms with van der Waals surface area (Å²) in [6, 6.07) is 6.00. The average Bonchev–Trinajstić information content (AvgIpc) is 2.60. The Morgan fingerprint density at radius 3 is 2.95 bits per heavy atom. The molecule has 20 heavy (non-hydrogen) atoms. The molecule has 0 unspecified atom stereocenters. The van der Waals surface area contributed by atoms with Crippen molar-refractivity contribution in [1.82, 2.24) is 10.0 Å². The van der Waals surface area contributed by atoms with Crippen molar-refractivity contribution in [2.24, 2.45) is 0 Å². The van der Waals surface area contributed by atoms with Gasteiger partial charge in [0.25, 0.3) is 0 Å². The van der Waals surface area contributed by atoms with Crippen LogP contribution in [0, 0.1) is 5.82 Å². The first-order chi connectivity index (χ1) is 9.43. The van der Waals surface area contributed by atoms with Crippen molar-refractivity contribution >= 4 is 15.9 Å². The fourth-order valence-corrected chi connectivity index (χ4v) is 4.98. The molecule has 2 fully saturated rings. The number of piperidine rings is 1. The lowest BCUT2D eigenvalue weighted by Crippen LogP contribution is -2.56. The lowest BCUT2D eigenvalue weighted by Gasteiger charge is -2.42. The summed E-state index contributed by atoms with van der Waals surface area (Å²) in [7, 11) is -3.60. The van der Waals surface area contributed by atoms with Gasteiger partial charge in [-0.3, -0.25) is 4.31 Å². The van der Waals surface area contributed by atoms with Gasteiger partial charge in [0.2, 0.25) is 0 Å². The zero-order chi connectivity index (χ0) is 14.4. The van der Waals surface area contributed by atoms with E-state index in [1.807, 2.05) is 6.92 Å². The van der Waals surface area contributed by atoms with Crippen molar-refractivity contribution < 1.29 is 12.8 Å². The number of halogens is 1. The molecule has 5 nitrogen and oxygen atoms in total. The van der Waals surface area contributed by atoms with Crippen LogP contribution < -0.4 is 14.3 Å². The Balaban J connectivity index is 2.07. The molecule has 1 spiro atoms. The Bertz CT molecular complexity index is 622. The first-order valence-electron chi connectivity index (χ1n) is 6.72. The molecular formula is C13H18FN3O2S. The van der Waals surface area contributed by atoms with E-state index >= 15 is 0 Å². The smallest absolute Gasteiger partial charge is 0.302 e. The van der Waals surface area contributed by atoms with Gasteiger partial charge in [-0.15, -0.1) is 0 Å². The number of nitrogens with zero attached hydrogens (tertiary/aromatic N) is 1. The summed E-state index contributed by atoms with van der Waals surface area (Å²) < 4.78 is 42.1. The Kier molecular flexibility index (Phi) is 3.23. The standard InChI is InChI=1S/C13H18FN3O2S/c1-10-8-13(5-6-15-10)9-16-20(18,19)17(13)12-4-2-3-11(14)7-12/h2-4,7,10,15-16H,5-6,8-9H2,1H3/t10-,13+/m0/s1. The second kappa shape index (κ2) is 4.68. The molecule has 2 aliphatic rings. The zero-order valence-electron chi connectivity index (χ0n) is 11.3. The van der Waals surface area contributed by atoms with E-state index in [0.717, 1.165) is 6.54 Å². The maximum Gasteiger partial charge on any atom is 0.302 e. The monoisotopic (exact) mass is 299 g/mol. The molecule has 0 aromatic heterocycles. The number of nitrogens with one attached hydrogen (secondary N) is 2. The molecule has 7 heteroatoms. The maximum atomic E-state index is 13.5. The van der Waals surface area contributed by atoms with E-state index in [1.165, 1.54) is 22.5 Å². The quantitative estimate of drug-likeness (QED) is 0.813. The van der Waals surface area contributed by atoms with E-state index in [-0.39, 0.29) is 6.04 Å². The highest BCUT2D eigenvalue weighted by atomic mass is 32.2. The van der Waals surface area contributed by atoms with Crippen LogP contribution in [0.15, 0.2) is 24.3 Å². The highest BCUT2D eigenvalue weighted by Gasteiger charge is 2.51. The van der Waals surface area contributed by atoms with Crippen LogP contribution in [0.1, 0.15) is 19.8 Å². The molecule has 0 radical (unpaired) electrons. The first-order valence-corrected chi connectivity index (χ1v) is 8.16. The number of rotatable bonds is 1. The molecule has 1 aromatic rings. The molecule has 0 amide bonds. The maximum absolute atomic E-state index is 13.5. The third kappa shape index (κ3) is 2.19. The van der Waals surface area contributed by atoms with E-state index < -0.39 is 21.6 Å². The second-order valence-electron chi connectivity index (χ2n) is 5.60. The minimum Gasteiger partial charge on any atom is -0.314 e. The number of hydrogen-bond donors (Lipinski definition) is 2. The van der Waals surface area contributed by atoms with Gasteiger partial charge in [0, 0.05) is 12.6 Å². The van der Waals surface area contributed by atoms with E-state index in [1.54, 1.807) is 6.07 Å². The second-order valence-corrected chi connectivity index (χ2v) is 7.21. The Morgan fingerprint density at radius 2 is 2.25 bits per heavy atom. The van der Waals surface area contributed by atoms with Crippen LogP contribution in [0.5, 0.6) is 0 Å². The van der Waals surface area contributed by atoms with Crippen molar-refractivity contribution in [3.63, 3.8) is 0 Å². The lowest BCUT2D eigenvalue weighted by atomic mass is 9.84. The molecule has 0 bridgehead atoms. The van der Waals surface area contributed by atoms with E-state index in [4.69, 9.17) is 0 Å². The van der Waals surface area contributed by atoms with Gasteiger partial charge in [-0.05, 0) is 44.5 Å². The summed E-state index contributed by atoms with van der Waals surface area (Å²) in [5, 5.41) is 3.32. The number of hydrogen-bond acceptors (Lipinski definition) is 3. The zero-order valence-corrected chi connectivity index (χ0v) is 12.1. The highest BCUT2D eigenvalue weighted by molar-refractivity contribution is 7.91. The predicted octanol–water partition coefficient (Wildman–Crippen LogP) is 0.991. The van der Waals surface area contributed by atoms with E-state index in [9.17, 15) is 12.8 Å². The van der Waals surface area contributed by atoms with Gasteiger partial charge in [-0.1, -0.05) is 6.07 Å². The van der Waals surface area contributed by atoms with Crippen LogP contribution >= 0.6 is 0 Å². The molecule has 2 aliphatic heterocycles. The highest BCUT2D eigenvalue weighted by Crippen LogP contribution is 2.38. The van der Waals surface area contributed by atoms with E-state index in [2.05, 4.69) is 10.0 Å². The number of benzene rings is 1. The van der Waals surface area contributed by atoms with Gasteiger partial charge < -0.3 is 5.32 Å². The van der Waals surface area contributed by atoms with Crippen molar-refractivity contribution in [2.45, 2.75) is 31.3 Å². The summed E-state index contributed by atoms with van der Waals surface area (Å²) in [6.07, 6.45) is 1.41. The van der Waals surface area contributed by atoms with Gasteiger partial charge in [0.05, 0.1) is 11.2 Å². The van der Waals surface area contributed by atoms with Crippen molar-refractivity contribution in [3.8, 4) is 0 Å². The van der Waals surface area contributed by atoms with Crippen LogP contribution in [-0.4, -0.2) is 33.1 Å². The van der Waals surface area contributed by atoms with Gasteiger partial charge in [0.1, 0.15) is 5.82 Å². The Hall–Kier alpha value is -1.18. The van der Waals surface area contributed by atoms with Crippen LogP contribution in [0.25, 0.3) is 0 Å². The summed E-state index contributed by atoms with van der Waals surface area (Å²) >= 11 is 0. The molecule has 2 atom stereocenters. The normalized spacial score (nSPS) is 32.7. The SMILES string of the molecule is C[C@H]1C[C@]2(CCN1)CNS(=O)(=O)N2c1cccc(F)c1. The van der Waals surface area contributed by atoms with Crippen LogP contribution in [-0.2, 0) is 10.2 Å². The molecule has 0 aliphatic carbocycles. The molecule has 2 saturated heterocycles. The minimum atomic E-state index is -3.60. The van der Waals surface area contributed by atoms with Gasteiger partial charge in [0.15, 0.2) is 0 Å². The Morgan fingerprint density at radius 1 is 1.45 bits per heavy atom. The summed E-state index contributed by atoms with van der Waals surface area (Å²) in [4.78, 5) is 0. The topological polar surface area (TPSA) is 61.4 Å². The molecule has 3 rings (SSSR count). The molecule has 2 heterocycles. The van der Waals surface area contributed by atoms with Crippen molar-refractivity contribution in [2.75, 3.05) is 17.4 Å². The fourth-order valence-electron chi connectivity index (χ4n) is 3.27. The van der Waals surface area contributed by atoms with Gasteiger partial charge in [-0.2, -0.15) is 13.1 Å². The first kappa shape index (κ1) is 13.8. The van der Waals surface area contributed by atoms with Crippen LogP contribution in [0.4, 0.5) is 10.1 Å². The largest absolute Gasteiger partial charge is 0.314 e. The summed E-state index contributed by atoms with van der Waals surface area (Å²) in [5.41, 5.74) is -0.110. The molecular weight excluding hydrogens is 281 g/mol. The molecule has 0 saturated carbocycles. The fraction of sp³-hybridized carbons (Fsp3) is 0.538. The lowest BCUT2D eigenvalue weighted by molar-refractivity contribution is 0.282. The number of anilines is 1. The molecule has 1 aromatic carbocycles. The van der Waals surface area contributed by atoms with Crippen LogP contribution in [0.3, 0.4) is 0 Å². The third-order valence-electron chi connectivity index (χ3n) is 4.07. The summed E-state index contributed by atoms with van der Waals surface area (Å²) in [5.74, 6) is -0.429. The molecule has 110 valence electrons. The minimum absolute atomic E-state index is 0.231. The summed E-state index contributed by atoms with van der Waals surface area (Å²) in [6.45, 7) is 3.16. The Labute approximate surface area is 118 Å². The predicted molar refractivity (Wildman–Crippen MR) is 75.2 cm³/mol. The van der Waals surface area contributed by atoms with E-state index in [0.29, 0.717) is 25.1 Å². The van der Waals surface area contributed by atoms with Gasteiger partial charge >= 0.3 is 10.2 Å². The van der Waals surface area contributed by atoms with Crippen LogP contribution in [0.2, 0.25) is 0 Å². The van der Waals surface area contributed by atoms with Crippen molar-refractivity contribution in [3.05, 3.63) is 30.1 Å². The molecule has 2 N–H and O–H groups in total. The average molecular weight is 299 g/mol. The van der Waals surface area contributed by atoms with Crippen molar-refractivity contribution in [1.29, 1.82) is 0 Å². The van der Waals surface area contributed by atoms with Gasteiger partial charge in [-0.25, -0.2) is 4.39 Å². The third-order valence-corrected chi connectivity index (χ3v) is 5.65.